The third kappa shape index (κ3) is 6.28. The normalized spacial score (nSPS) is 13.8. The Balaban J connectivity index is 1.47. The Kier molecular flexibility index (Phi) is 8.02. The smallest absolute Gasteiger partial charge is 0.113 e. The van der Waals surface area contributed by atoms with E-state index in [9.17, 15) is 0 Å². The summed E-state index contributed by atoms with van der Waals surface area (Å²) in [7, 11) is 0. The lowest BCUT2D eigenvalue weighted by Gasteiger charge is -2.44. The third-order valence-corrected chi connectivity index (χ3v) is 6.36. The van der Waals surface area contributed by atoms with Crippen LogP contribution in [0.3, 0.4) is 0 Å². The molecule has 1 heterocycles. The van der Waals surface area contributed by atoms with E-state index in [-0.39, 0.29) is 17.7 Å². The molecule has 5 heteroatoms. The fraction of sp³-hybridized carbons (Fsp3) is 0.355. The van der Waals surface area contributed by atoms with Gasteiger partial charge in [0.1, 0.15) is 11.8 Å². The summed E-state index contributed by atoms with van der Waals surface area (Å²) in [5, 5.41) is 10.8. The molecule has 0 fully saturated rings. The van der Waals surface area contributed by atoms with E-state index in [0.29, 0.717) is 12.5 Å². The molecule has 36 heavy (non-hydrogen) atoms. The van der Waals surface area contributed by atoms with Crippen LogP contribution < -0.4 is 0 Å². The second kappa shape index (κ2) is 11.2. The van der Waals surface area contributed by atoms with Crippen molar-refractivity contribution >= 4 is 0 Å². The van der Waals surface area contributed by atoms with Crippen LogP contribution in [0.5, 0.6) is 0 Å². The summed E-state index contributed by atoms with van der Waals surface area (Å²) in [4.78, 5) is 6.70. The van der Waals surface area contributed by atoms with Crippen molar-refractivity contribution in [2.45, 2.75) is 65.8 Å². The van der Waals surface area contributed by atoms with Crippen LogP contribution >= 0.6 is 0 Å². The Morgan fingerprint density at radius 3 is 2.00 bits per heavy atom. The largest absolute Gasteiger partial charge is 0.290 e. The van der Waals surface area contributed by atoms with E-state index in [1.807, 2.05) is 41.2 Å². The van der Waals surface area contributed by atoms with Crippen LogP contribution in [0, 0.1) is 5.92 Å². The van der Waals surface area contributed by atoms with Gasteiger partial charge in [-0.2, -0.15) is 5.06 Å². The van der Waals surface area contributed by atoms with Crippen LogP contribution in [0.1, 0.15) is 70.4 Å². The molecule has 3 aromatic carbocycles. The van der Waals surface area contributed by atoms with Gasteiger partial charge in [-0.15, -0.1) is 5.10 Å². The number of rotatable bonds is 9. The van der Waals surface area contributed by atoms with Crippen molar-refractivity contribution in [3.05, 3.63) is 108 Å². The van der Waals surface area contributed by atoms with Gasteiger partial charge in [0.15, 0.2) is 0 Å². The van der Waals surface area contributed by atoms with E-state index in [2.05, 4.69) is 112 Å². The number of benzene rings is 3. The SMILES string of the molecule is CC(ON(C(c1ccccc1)C(C)C)C(C)(C)C)c1ccc(Cn2cc(-c3ccccc3)nn2)cc1. The highest BCUT2D eigenvalue weighted by Crippen LogP contribution is 2.37. The fourth-order valence-electron chi connectivity index (χ4n) is 4.51. The van der Waals surface area contributed by atoms with Crippen molar-refractivity contribution in [1.82, 2.24) is 20.1 Å². The van der Waals surface area contributed by atoms with Gasteiger partial charge in [-0.1, -0.05) is 104 Å². The zero-order valence-corrected chi connectivity index (χ0v) is 22.3. The zero-order valence-electron chi connectivity index (χ0n) is 22.3. The van der Waals surface area contributed by atoms with Crippen molar-refractivity contribution in [3.63, 3.8) is 0 Å². The molecule has 0 spiro atoms. The van der Waals surface area contributed by atoms with E-state index >= 15 is 0 Å². The van der Waals surface area contributed by atoms with E-state index in [0.717, 1.165) is 16.8 Å². The summed E-state index contributed by atoms with van der Waals surface area (Å²) in [6.45, 7) is 13.9. The van der Waals surface area contributed by atoms with Crippen LogP contribution in [-0.4, -0.2) is 25.6 Å². The summed E-state index contributed by atoms with van der Waals surface area (Å²) >= 11 is 0. The van der Waals surface area contributed by atoms with E-state index in [1.165, 1.54) is 11.1 Å². The minimum atomic E-state index is -0.164. The highest BCUT2D eigenvalue weighted by molar-refractivity contribution is 5.57. The topological polar surface area (TPSA) is 43.2 Å². The molecule has 5 nitrogen and oxygen atoms in total. The van der Waals surface area contributed by atoms with Crippen molar-refractivity contribution in [3.8, 4) is 11.3 Å². The molecule has 2 atom stereocenters. The predicted molar refractivity (Wildman–Crippen MR) is 146 cm³/mol. The number of nitrogens with zero attached hydrogens (tertiary/aromatic N) is 4. The van der Waals surface area contributed by atoms with Gasteiger partial charge in [0.2, 0.25) is 0 Å². The molecule has 0 N–H and O–H groups in total. The van der Waals surface area contributed by atoms with Gasteiger partial charge in [-0.3, -0.25) is 4.84 Å². The quantitative estimate of drug-likeness (QED) is 0.232. The highest BCUT2D eigenvalue weighted by Gasteiger charge is 2.34. The average molecular weight is 483 g/mol. The van der Waals surface area contributed by atoms with Crippen molar-refractivity contribution in [2.75, 3.05) is 0 Å². The summed E-state index contributed by atoms with van der Waals surface area (Å²) < 4.78 is 1.88. The first kappa shape index (κ1) is 25.8. The third-order valence-electron chi connectivity index (χ3n) is 6.36. The fourth-order valence-corrected chi connectivity index (χ4v) is 4.51. The molecule has 0 saturated heterocycles. The van der Waals surface area contributed by atoms with Gasteiger partial charge >= 0.3 is 0 Å². The molecule has 0 amide bonds. The summed E-state index contributed by atoms with van der Waals surface area (Å²) in [5.41, 5.74) is 5.38. The van der Waals surface area contributed by atoms with Gasteiger partial charge in [0.05, 0.1) is 18.8 Å². The molecular weight excluding hydrogens is 444 g/mol. The van der Waals surface area contributed by atoms with Gasteiger partial charge < -0.3 is 0 Å². The van der Waals surface area contributed by atoms with Crippen molar-refractivity contribution in [1.29, 1.82) is 0 Å². The lowest BCUT2D eigenvalue weighted by molar-refractivity contribution is -0.272. The van der Waals surface area contributed by atoms with Crippen LogP contribution in [0.4, 0.5) is 0 Å². The van der Waals surface area contributed by atoms with Crippen LogP contribution in [0.15, 0.2) is 91.1 Å². The van der Waals surface area contributed by atoms with E-state index in [4.69, 9.17) is 4.84 Å². The molecule has 0 aliphatic rings. The van der Waals surface area contributed by atoms with Gasteiger partial charge in [-0.25, -0.2) is 4.68 Å². The minimum absolute atomic E-state index is 0.0840. The molecule has 188 valence electrons. The van der Waals surface area contributed by atoms with E-state index < -0.39 is 0 Å². The molecule has 2 unspecified atom stereocenters. The number of aromatic nitrogens is 3. The molecular formula is C31H38N4O. The molecule has 0 radical (unpaired) electrons. The Bertz CT molecular complexity index is 1210. The number of hydrogen-bond donors (Lipinski definition) is 0. The minimum Gasteiger partial charge on any atom is -0.290 e. The maximum absolute atomic E-state index is 6.70. The van der Waals surface area contributed by atoms with Crippen molar-refractivity contribution in [2.24, 2.45) is 5.92 Å². The lowest BCUT2D eigenvalue weighted by atomic mass is 9.92. The van der Waals surface area contributed by atoms with Crippen LogP contribution in [-0.2, 0) is 11.4 Å². The Hall–Kier alpha value is -3.28. The maximum Gasteiger partial charge on any atom is 0.113 e. The predicted octanol–water partition coefficient (Wildman–Crippen LogP) is 7.48. The van der Waals surface area contributed by atoms with Crippen molar-refractivity contribution < 1.29 is 4.84 Å². The first-order valence-corrected chi connectivity index (χ1v) is 12.8. The maximum atomic E-state index is 6.70. The van der Waals surface area contributed by atoms with E-state index in [1.54, 1.807) is 0 Å². The second-order valence-corrected chi connectivity index (χ2v) is 10.8. The van der Waals surface area contributed by atoms with Crippen LogP contribution in [0.25, 0.3) is 11.3 Å². The molecule has 4 aromatic rings. The number of hydrogen-bond acceptors (Lipinski definition) is 4. The molecule has 4 rings (SSSR count). The van der Waals surface area contributed by atoms with Crippen LogP contribution in [0.2, 0.25) is 0 Å². The monoisotopic (exact) mass is 482 g/mol. The molecule has 0 saturated carbocycles. The average Bonchev–Trinajstić information content (AvgIpc) is 3.33. The molecule has 1 aromatic heterocycles. The standard InChI is InChI=1S/C31H38N4O/c1-23(2)30(28-15-11-8-12-16-28)35(31(4,5)6)36-24(3)26-19-17-25(18-20-26)21-34-22-29(32-33-34)27-13-9-7-10-14-27/h7-20,22-24,30H,21H2,1-6H3. The first-order valence-electron chi connectivity index (χ1n) is 12.8. The zero-order chi connectivity index (χ0) is 25.7. The molecule has 0 aliphatic carbocycles. The Morgan fingerprint density at radius 2 is 1.42 bits per heavy atom. The molecule has 0 bridgehead atoms. The Labute approximate surface area is 215 Å². The first-order chi connectivity index (χ1) is 17.2. The van der Waals surface area contributed by atoms with Gasteiger partial charge in [0.25, 0.3) is 0 Å². The summed E-state index contributed by atoms with van der Waals surface area (Å²) in [5.74, 6) is 0.393. The summed E-state index contributed by atoms with van der Waals surface area (Å²) in [6.07, 6.45) is 1.91. The van der Waals surface area contributed by atoms with Gasteiger partial charge in [0, 0.05) is 11.1 Å². The van der Waals surface area contributed by atoms with Gasteiger partial charge in [-0.05, 0) is 50.3 Å². The second-order valence-electron chi connectivity index (χ2n) is 10.8. The molecule has 0 aliphatic heterocycles. The summed E-state index contributed by atoms with van der Waals surface area (Å²) in [6, 6.07) is 29.6. The Morgan fingerprint density at radius 1 is 0.806 bits per heavy atom. The highest BCUT2D eigenvalue weighted by atomic mass is 16.7. The lowest BCUT2D eigenvalue weighted by Crippen LogP contribution is -2.46. The number of hydroxylamine groups is 2.